The molecule has 0 bridgehead atoms. The van der Waals surface area contributed by atoms with Gasteiger partial charge in [-0.25, -0.2) is 0 Å². The molecule has 0 saturated heterocycles. The fraction of sp³-hybridized carbons (Fsp3) is 0.400. The van der Waals surface area contributed by atoms with Crippen molar-refractivity contribution in [2.45, 2.75) is 26.7 Å². The summed E-state index contributed by atoms with van der Waals surface area (Å²) in [7, 11) is 0. The van der Waals surface area contributed by atoms with Crippen LogP contribution in [0.3, 0.4) is 0 Å². The van der Waals surface area contributed by atoms with Crippen LogP contribution in [0.5, 0.6) is 0 Å². The standard InChI is InChI=1S/C10H13.2Po/c1-8(2)10-6-4-9(3)5-7-10;;/h4,6-8H,1-3H3;;/q;;+1. The molecule has 0 atom stereocenters. The molecule has 0 aliphatic heterocycles. The van der Waals surface area contributed by atoms with Crippen LogP contribution in [0.4, 0.5) is 0 Å². The number of benzene rings is 1. The fourth-order valence-electron chi connectivity index (χ4n) is 1.07. The Bertz CT molecular complexity index is 290. The van der Waals surface area contributed by atoms with E-state index in [0.717, 1.165) is 0 Å². The van der Waals surface area contributed by atoms with Crippen LogP contribution < -0.4 is 3.22 Å². The summed E-state index contributed by atoms with van der Waals surface area (Å²) < 4.78 is 1.69. The summed E-state index contributed by atoms with van der Waals surface area (Å²) in [5, 5.41) is 0. The van der Waals surface area contributed by atoms with Gasteiger partial charge < -0.3 is 0 Å². The second-order valence-corrected chi connectivity index (χ2v) is 11.3. The molecule has 0 spiro atoms. The van der Waals surface area contributed by atoms with Gasteiger partial charge in [0.1, 0.15) is 0 Å². The van der Waals surface area contributed by atoms with Gasteiger partial charge in [0.15, 0.2) is 0 Å². The number of rotatable bonds is 2. The predicted molar refractivity (Wildman–Crippen MR) is 56.4 cm³/mol. The van der Waals surface area contributed by atoms with E-state index in [4.69, 9.17) is 0 Å². The van der Waals surface area contributed by atoms with E-state index in [1.807, 2.05) is 19.5 Å². The third-order valence-electron chi connectivity index (χ3n) is 1.97. The van der Waals surface area contributed by atoms with Crippen molar-refractivity contribution < 1.29 is 0 Å². The van der Waals surface area contributed by atoms with Gasteiger partial charge >= 0.3 is 96.7 Å². The van der Waals surface area contributed by atoms with Crippen LogP contribution in [-0.4, -0.2) is 37.4 Å². The van der Waals surface area contributed by atoms with Crippen molar-refractivity contribution in [3.8, 4) is 0 Å². The molecule has 0 aliphatic rings. The summed E-state index contributed by atoms with van der Waals surface area (Å²) in [6.45, 7) is 6.77. The first-order valence-corrected chi connectivity index (χ1v) is 18.3. The summed E-state index contributed by atoms with van der Waals surface area (Å²) in [6.07, 6.45) is 0. The first kappa shape index (κ1) is 11.1. The molecule has 0 saturated carbocycles. The van der Waals surface area contributed by atoms with Crippen LogP contribution in [0.1, 0.15) is 30.9 Å². The minimum absolute atomic E-state index is 0.135. The average Bonchev–Trinajstić information content (AvgIpc) is 2.05. The Balaban J connectivity index is 3.13. The van der Waals surface area contributed by atoms with Crippen molar-refractivity contribution >= 4 is 40.7 Å². The monoisotopic (exact) mass is 551 g/mol. The van der Waals surface area contributed by atoms with Gasteiger partial charge in [0, 0.05) is 0 Å². The van der Waals surface area contributed by atoms with Crippen LogP contribution in [0.2, 0.25) is 0 Å². The predicted octanol–water partition coefficient (Wildman–Crippen LogP) is 1.53. The molecule has 0 nitrogen and oxygen atoms in total. The van der Waals surface area contributed by atoms with Crippen molar-refractivity contribution in [1.29, 1.82) is 0 Å². The normalized spacial score (nSPS) is 10.3. The quantitative estimate of drug-likeness (QED) is 0.524. The molecular weight excluding hydrogens is 538 g/mol. The zero-order valence-electron chi connectivity index (χ0n) is 7.63. The van der Waals surface area contributed by atoms with E-state index in [9.17, 15) is 0 Å². The second kappa shape index (κ2) is 5.03. The van der Waals surface area contributed by atoms with E-state index in [0.29, 0.717) is 5.92 Å². The van der Waals surface area contributed by atoms with Gasteiger partial charge in [-0.3, -0.25) is 0 Å². The van der Waals surface area contributed by atoms with E-state index in [1.165, 1.54) is 11.1 Å². The first-order chi connectivity index (χ1) is 5.65. The van der Waals surface area contributed by atoms with Gasteiger partial charge in [0.05, 0.1) is 0 Å². The maximum absolute atomic E-state index is 2.43. The van der Waals surface area contributed by atoms with Gasteiger partial charge in [-0.05, 0) is 0 Å². The molecular formula is C10H13Po2+. The molecule has 12 heavy (non-hydrogen) atoms. The average molecular weight is 551 g/mol. The Morgan fingerprint density at radius 1 is 1.33 bits per heavy atom. The Kier molecular flexibility index (Phi) is 4.65. The molecule has 2 heteroatoms. The summed E-state index contributed by atoms with van der Waals surface area (Å²) in [5.74, 6) is 0.685. The molecule has 1 aromatic rings. The summed E-state index contributed by atoms with van der Waals surface area (Å²) >= 11 is 1.68. The van der Waals surface area contributed by atoms with Crippen LogP contribution in [0.15, 0.2) is 18.2 Å². The zero-order valence-corrected chi connectivity index (χ0v) is 14.0. The zero-order chi connectivity index (χ0) is 9.14. The van der Waals surface area contributed by atoms with Gasteiger partial charge in [0.2, 0.25) is 0 Å². The third-order valence-corrected chi connectivity index (χ3v) is 10.5. The van der Waals surface area contributed by atoms with Gasteiger partial charge in [-0.15, -0.1) is 0 Å². The van der Waals surface area contributed by atoms with Crippen LogP contribution >= 0.6 is 0 Å². The molecule has 0 aliphatic carbocycles. The first-order valence-electron chi connectivity index (χ1n) is 4.05. The molecule has 0 aromatic heterocycles. The molecule has 0 amide bonds. The third kappa shape index (κ3) is 2.76. The Labute approximate surface area is 95.5 Å². The molecule has 0 unspecified atom stereocenters. The topological polar surface area (TPSA) is 0 Å². The Morgan fingerprint density at radius 3 is 2.50 bits per heavy atom. The van der Waals surface area contributed by atoms with Gasteiger partial charge in [-0.1, -0.05) is 0 Å². The summed E-state index contributed by atoms with van der Waals surface area (Å²) in [5.41, 5.74) is 3.02. The van der Waals surface area contributed by atoms with E-state index in [1.54, 1.807) is 3.22 Å². The van der Waals surface area contributed by atoms with Crippen LogP contribution in [0.25, 0.3) is 0 Å². The van der Waals surface area contributed by atoms with Crippen LogP contribution in [0, 0.1) is 6.92 Å². The Hall–Kier alpha value is 1.01. The molecule has 0 heterocycles. The molecule has 0 radical (unpaired) electrons. The summed E-state index contributed by atoms with van der Waals surface area (Å²) in [6, 6.07) is 6.98. The fourth-order valence-corrected chi connectivity index (χ4v) is 8.68. The van der Waals surface area contributed by atoms with Crippen molar-refractivity contribution in [3.05, 3.63) is 29.3 Å². The second-order valence-electron chi connectivity index (χ2n) is 3.26. The number of aryl methyl sites for hydroxylation is 1. The van der Waals surface area contributed by atoms with Gasteiger partial charge in [-0.2, -0.15) is 0 Å². The van der Waals surface area contributed by atoms with Crippen molar-refractivity contribution in [2.24, 2.45) is 0 Å². The van der Waals surface area contributed by atoms with Crippen molar-refractivity contribution in [2.75, 3.05) is 0 Å². The molecule has 1 aromatic carbocycles. The SMILES string of the molecule is Cc1ccc(C(C)C)c[c]1[Po+]=[Po]. The molecule has 1 rings (SSSR count). The molecule has 0 fully saturated rings. The van der Waals surface area contributed by atoms with E-state index < -0.39 is 0 Å². The Morgan fingerprint density at radius 2 is 2.00 bits per heavy atom. The van der Waals surface area contributed by atoms with E-state index >= 15 is 0 Å². The number of hydrogen-bond acceptors (Lipinski definition) is 0. The van der Waals surface area contributed by atoms with Gasteiger partial charge in [0.25, 0.3) is 0 Å². The van der Waals surface area contributed by atoms with Crippen LogP contribution in [-0.2, 0) is 0 Å². The van der Waals surface area contributed by atoms with E-state index in [2.05, 4.69) is 39.0 Å². The van der Waals surface area contributed by atoms with E-state index in [-0.39, 0.29) is 18.0 Å². The maximum atomic E-state index is 2.43. The molecule has 64 valence electrons. The molecule has 0 N–H and O–H groups in total. The minimum atomic E-state index is -0.135. The summed E-state index contributed by atoms with van der Waals surface area (Å²) in [4.78, 5) is 0. The van der Waals surface area contributed by atoms with Crippen molar-refractivity contribution in [3.63, 3.8) is 0 Å². The number of hydrogen-bond donors (Lipinski definition) is 0. The van der Waals surface area contributed by atoms with Crippen molar-refractivity contribution in [1.82, 2.24) is 0 Å².